The molecule has 3 aromatic rings. The molecule has 0 aliphatic rings. The summed E-state index contributed by atoms with van der Waals surface area (Å²) in [7, 11) is -0.646. The third-order valence-electron chi connectivity index (χ3n) is 4.79. The lowest BCUT2D eigenvalue weighted by Crippen LogP contribution is -2.30. The lowest BCUT2D eigenvalue weighted by atomic mass is 10.0. The summed E-state index contributed by atoms with van der Waals surface area (Å²) in [4.78, 5) is 12.7. The van der Waals surface area contributed by atoms with E-state index in [2.05, 4.69) is 5.32 Å². The topological polar surface area (TPSA) is 75.7 Å². The minimum atomic E-state index is -3.60. The maximum Gasteiger partial charge on any atom is 0.246 e. The van der Waals surface area contributed by atoms with Crippen molar-refractivity contribution >= 4 is 15.9 Å². The molecule has 3 aromatic carbocycles. The number of ether oxygens (including phenoxy) is 1. The number of hydrogen-bond acceptors (Lipinski definition) is 4. The van der Waals surface area contributed by atoms with Crippen LogP contribution in [-0.2, 0) is 26.1 Å². The molecule has 7 heteroatoms. The molecule has 162 valence electrons. The van der Waals surface area contributed by atoms with Gasteiger partial charge in [0.05, 0.1) is 4.90 Å². The van der Waals surface area contributed by atoms with Crippen molar-refractivity contribution in [2.75, 3.05) is 20.7 Å². The first-order valence-corrected chi connectivity index (χ1v) is 11.3. The van der Waals surface area contributed by atoms with Gasteiger partial charge in [0, 0.05) is 20.6 Å². The molecule has 0 fully saturated rings. The largest absolute Gasteiger partial charge is 0.359 e. The van der Waals surface area contributed by atoms with Crippen LogP contribution in [0.5, 0.6) is 0 Å². The molecule has 0 heterocycles. The summed E-state index contributed by atoms with van der Waals surface area (Å²) in [6, 6.07) is 26.0. The Morgan fingerprint density at radius 2 is 1.39 bits per heavy atom. The Morgan fingerprint density at radius 3 is 1.94 bits per heavy atom. The highest BCUT2D eigenvalue weighted by molar-refractivity contribution is 7.89. The van der Waals surface area contributed by atoms with Crippen molar-refractivity contribution in [2.45, 2.75) is 17.5 Å². The average molecular weight is 439 g/mol. The van der Waals surface area contributed by atoms with Crippen LogP contribution in [0.2, 0.25) is 0 Å². The van der Waals surface area contributed by atoms with Crippen molar-refractivity contribution in [3.05, 3.63) is 102 Å². The van der Waals surface area contributed by atoms with Crippen molar-refractivity contribution in [2.24, 2.45) is 0 Å². The number of rotatable bonds is 9. The normalized spacial score (nSPS) is 11.6. The van der Waals surface area contributed by atoms with Crippen LogP contribution in [0.3, 0.4) is 0 Å². The minimum absolute atomic E-state index is 0.0901. The third-order valence-corrected chi connectivity index (χ3v) is 6.71. The number of carbonyl (C=O) groups is 1. The fraction of sp³-hybridized carbons (Fsp3) is 0.208. The maximum absolute atomic E-state index is 12.5. The SMILES string of the molecule is CN(C)S(=O)(=O)c1ccccc1CNC(=O)COC(c1ccccc1)c1ccccc1. The van der Waals surface area contributed by atoms with Crippen LogP contribution in [0.25, 0.3) is 0 Å². The third kappa shape index (κ3) is 5.79. The Hall–Kier alpha value is -3.00. The highest BCUT2D eigenvalue weighted by atomic mass is 32.2. The van der Waals surface area contributed by atoms with Crippen LogP contribution in [-0.4, -0.2) is 39.3 Å². The monoisotopic (exact) mass is 438 g/mol. The van der Waals surface area contributed by atoms with Gasteiger partial charge in [0.25, 0.3) is 0 Å². The number of amides is 1. The van der Waals surface area contributed by atoms with Crippen LogP contribution < -0.4 is 5.32 Å². The van der Waals surface area contributed by atoms with Gasteiger partial charge in [0.2, 0.25) is 15.9 Å². The lowest BCUT2D eigenvalue weighted by molar-refractivity contribution is -0.127. The number of benzene rings is 3. The molecule has 0 aliphatic heterocycles. The van der Waals surface area contributed by atoms with Gasteiger partial charge in [-0.3, -0.25) is 4.79 Å². The van der Waals surface area contributed by atoms with Crippen LogP contribution in [0, 0.1) is 0 Å². The molecule has 1 N–H and O–H groups in total. The summed E-state index contributed by atoms with van der Waals surface area (Å²) >= 11 is 0. The molecule has 0 atom stereocenters. The fourth-order valence-electron chi connectivity index (χ4n) is 3.14. The van der Waals surface area contributed by atoms with Gasteiger partial charge in [-0.1, -0.05) is 78.9 Å². The predicted octanol–water partition coefficient (Wildman–Crippen LogP) is 3.36. The van der Waals surface area contributed by atoms with E-state index >= 15 is 0 Å². The molecule has 6 nitrogen and oxygen atoms in total. The molecule has 0 radical (unpaired) electrons. The van der Waals surface area contributed by atoms with Crippen molar-refractivity contribution < 1.29 is 17.9 Å². The van der Waals surface area contributed by atoms with Crippen molar-refractivity contribution in [3.8, 4) is 0 Å². The first-order chi connectivity index (χ1) is 14.9. The molecule has 0 saturated carbocycles. The van der Waals surface area contributed by atoms with Gasteiger partial charge in [-0.15, -0.1) is 0 Å². The molecule has 3 rings (SSSR count). The van der Waals surface area contributed by atoms with E-state index in [1.165, 1.54) is 20.2 Å². The van der Waals surface area contributed by atoms with Crippen molar-refractivity contribution in [1.29, 1.82) is 0 Å². The molecular formula is C24H26N2O4S. The quantitative estimate of drug-likeness (QED) is 0.556. The Labute approximate surface area is 183 Å². The van der Waals surface area contributed by atoms with E-state index in [4.69, 9.17) is 4.74 Å². The molecule has 0 aromatic heterocycles. The second-order valence-corrected chi connectivity index (χ2v) is 9.30. The van der Waals surface area contributed by atoms with E-state index in [-0.39, 0.29) is 30.1 Å². The number of hydrogen-bond donors (Lipinski definition) is 1. The average Bonchev–Trinajstić information content (AvgIpc) is 2.79. The zero-order chi connectivity index (χ0) is 22.3. The van der Waals surface area contributed by atoms with Crippen LogP contribution >= 0.6 is 0 Å². The molecule has 0 aliphatic carbocycles. The Balaban J connectivity index is 1.68. The molecule has 0 spiro atoms. The maximum atomic E-state index is 12.5. The van der Waals surface area contributed by atoms with Gasteiger partial charge >= 0.3 is 0 Å². The van der Waals surface area contributed by atoms with Crippen LogP contribution in [0.15, 0.2) is 89.8 Å². The molecular weight excluding hydrogens is 412 g/mol. The second-order valence-electron chi connectivity index (χ2n) is 7.18. The van der Waals surface area contributed by atoms with Crippen LogP contribution in [0.4, 0.5) is 0 Å². The lowest BCUT2D eigenvalue weighted by Gasteiger charge is -2.19. The zero-order valence-electron chi connectivity index (χ0n) is 17.6. The van der Waals surface area contributed by atoms with Gasteiger partial charge in [-0.05, 0) is 22.8 Å². The highest BCUT2D eigenvalue weighted by Gasteiger charge is 2.21. The van der Waals surface area contributed by atoms with Gasteiger partial charge in [-0.25, -0.2) is 12.7 Å². The number of nitrogens with one attached hydrogen (secondary N) is 1. The van der Waals surface area contributed by atoms with Crippen molar-refractivity contribution in [3.63, 3.8) is 0 Å². The standard InChI is InChI=1S/C24H26N2O4S/c1-26(2)31(28,29)22-16-10-9-15-21(22)17-25-23(27)18-30-24(19-11-5-3-6-12-19)20-13-7-4-8-14-20/h3-16,24H,17-18H2,1-2H3,(H,25,27). The van der Waals surface area contributed by atoms with E-state index < -0.39 is 10.0 Å². The van der Waals surface area contributed by atoms with Gasteiger partial charge < -0.3 is 10.1 Å². The summed E-state index contributed by atoms with van der Waals surface area (Å²) in [5, 5.41) is 2.76. The summed E-state index contributed by atoms with van der Waals surface area (Å²) in [5.74, 6) is -0.325. The molecule has 0 saturated heterocycles. The first kappa shape index (κ1) is 22.7. The zero-order valence-corrected chi connectivity index (χ0v) is 18.4. The van der Waals surface area contributed by atoms with E-state index in [1.54, 1.807) is 18.2 Å². The highest BCUT2D eigenvalue weighted by Crippen LogP contribution is 2.25. The van der Waals surface area contributed by atoms with Gasteiger partial charge in [0.1, 0.15) is 12.7 Å². The summed E-state index contributed by atoms with van der Waals surface area (Å²) in [5.41, 5.74) is 2.42. The van der Waals surface area contributed by atoms with Gasteiger partial charge in [-0.2, -0.15) is 0 Å². The van der Waals surface area contributed by atoms with Gasteiger partial charge in [0.15, 0.2) is 0 Å². The molecule has 1 amide bonds. The smallest absolute Gasteiger partial charge is 0.246 e. The van der Waals surface area contributed by atoms with E-state index in [9.17, 15) is 13.2 Å². The van der Waals surface area contributed by atoms with E-state index in [0.717, 1.165) is 15.4 Å². The molecule has 31 heavy (non-hydrogen) atoms. The van der Waals surface area contributed by atoms with E-state index in [0.29, 0.717) is 5.56 Å². The Kier molecular flexibility index (Phi) is 7.57. The predicted molar refractivity (Wildman–Crippen MR) is 120 cm³/mol. The fourth-order valence-corrected chi connectivity index (χ4v) is 4.26. The number of nitrogens with zero attached hydrogens (tertiary/aromatic N) is 1. The molecule has 0 unspecified atom stereocenters. The summed E-state index contributed by atoms with van der Waals surface area (Å²) in [6.45, 7) is -0.0656. The Morgan fingerprint density at radius 1 is 0.871 bits per heavy atom. The Bertz CT molecular complexity index is 1060. The van der Waals surface area contributed by atoms with Crippen molar-refractivity contribution in [1.82, 2.24) is 9.62 Å². The van der Waals surface area contributed by atoms with Crippen LogP contribution in [0.1, 0.15) is 22.8 Å². The number of carbonyl (C=O) groups excluding carboxylic acids is 1. The summed E-state index contributed by atoms with van der Waals surface area (Å²) < 4.78 is 32.1. The second kappa shape index (κ2) is 10.3. The minimum Gasteiger partial charge on any atom is -0.359 e. The first-order valence-electron chi connectivity index (χ1n) is 9.88. The molecule has 0 bridgehead atoms. The summed E-state index contributed by atoms with van der Waals surface area (Å²) in [6.07, 6.45) is -0.380. The number of sulfonamides is 1. The van der Waals surface area contributed by atoms with E-state index in [1.807, 2.05) is 60.7 Å².